The van der Waals surface area contributed by atoms with E-state index in [-0.39, 0.29) is 5.82 Å². The zero-order chi connectivity index (χ0) is 11.4. The summed E-state index contributed by atoms with van der Waals surface area (Å²) in [5.41, 5.74) is 1.88. The lowest BCUT2D eigenvalue weighted by molar-refractivity contribution is 0.619. The molecule has 3 heteroatoms. The molecular weight excluding hydrogens is 203 g/mol. The molecule has 0 aliphatic rings. The first-order valence-electron chi connectivity index (χ1n) is 5.92. The minimum absolute atomic E-state index is 0.220. The maximum absolute atomic E-state index is 12.9. The van der Waals surface area contributed by atoms with Crippen molar-refractivity contribution < 1.29 is 4.39 Å². The van der Waals surface area contributed by atoms with E-state index in [1.807, 2.05) is 6.20 Å². The highest BCUT2D eigenvalue weighted by Gasteiger charge is 2.01. The van der Waals surface area contributed by atoms with Crippen LogP contribution in [0.25, 0.3) is 5.65 Å². The number of aromatic nitrogens is 2. The fourth-order valence-electron chi connectivity index (χ4n) is 1.87. The Kier molecular flexibility index (Phi) is 3.54. The summed E-state index contributed by atoms with van der Waals surface area (Å²) in [6, 6.07) is 3.16. The smallest absolute Gasteiger partial charge is 0.139 e. The second-order valence-corrected chi connectivity index (χ2v) is 4.16. The summed E-state index contributed by atoms with van der Waals surface area (Å²) in [6.07, 6.45) is 9.32. The molecule has 2 aromatic heterocycles. The van der Waals surface area contributed by atoms with Gasteiger partial charge in [0.05, 0.1) is 5.69 Å². The van der Waals surface area contributed by atoms with Crippen LogP contribution in [0.3, 0.4) is 0 Å². The molecule has 0 spiro atoms. The van der Waals surface area contributed by atoms with Gasteiger partial charge in [-0.25, -0.2) is 9.37 Å². The summed E-state index contributed by atoms with van der Waals surface area (Å²) in [7, 11) is 0. The minimum atomic E-state index is -0.220. The Bertz CT molecular complexity index is 462. The Morgan fingerprint density at radius 1 is 1.19 bits per heavy atom. The van der Waals surface area contributed by atoms with Crippen LogP contribution in [0.4, 0.5) is 4.39 Å². The van der Waals surface area contributed by atoms with Gasteiger partial charge in [-0.3, -0.25) is 0 Å². The molecule has 0 fully saturated rings. The summed E-state index contributed by atoms with van der Waals surface area (Å²) in [5.74, 6) is -0.220. The summed E-state index contributed by atoms with van der Waals surface area (Å²) in [5, 5.41) is 0. The van der Waals surface area contributed by atoms with Crippen molar-refractivity contribution in [2.24, 2.45) is 0 Å². The van der Waals surface area contributed by atoms with Crippen molar-refractivity contribution in [3.8, 4) is 0 Å². The topological polar surface area (TPSA) is 17.3 Å². The average Bonchev–Trinajstić information content (AvgIpc) is 2.66. The van der Waals surface area contributed by atoms with E-state index in [1.165, 1.54) is 37.9 Å². The van der Waals surface area contributed by atoms with Gasteiger partial charge < -0.3 is 4.40 Å². The predicted octanol–water partition coefficient (Wildman–Crippen LogP) is 3.60. The Morgan fingerprint density at radius 3 is 2.88 bits per heavy atom. The van der Waals surface area contributed by atoms with Gasteiger partial charge in [0.1, 0.15) is 11.5 Å². The quantitative estimate of drug-likeness (QED) is 0.704. The summed E-state index contributed by atoms with van der Waals surface area (Å²) in [6.45, 7) is 2.20. The van der Waals surface area contributed by atoms with Gasteiger partial charge in [0.15, 0.2) is 0 Å². The average molecular weight is 220 g/mol. The van der Waals surface area contributed by atoms with E-state index in [1.54, 1.807) is 10.5 Å². The van der Waals surface area contributed by atoms with Crippen molar-refractivity contribution in [3.63, 3.8) is 0 Å². The summed E-state index contributed by atoms with van der Waals surface area (Å²) in [4.78, 5) is 4.45. The molecule has 2 aromatic rings. The van der Waals surface area contributed by atoms with E-state index in [9.17, 15) is 4.39 Å². The van der Waals surface area contributed by atoms with E-state index in [0.717, 1.165) is 17.8 Å². The number of imidazole rings is 1. The normalized spacial score (nSPS) is 11.1. The Balaban J connectivity index is 2.02. The summed E-state index contributed by atoms with van der Waals surface area (Å²) >= 11 is 0. The number of fused-ring (bicyclic) bond motifs is 1. The maximum atomic E-state index is 12.9. The maximum Gasteiger partial charge on any atom is 0.139 e. The van der Waals surface area contributed by atoms with E-state index in [4.69, 9.17) is 0 Å². The van der Waals surface area contributed by atoms with E-state index in [0.29, 0.717) is 0 Å². The minimum Gasteiger partial charge on any atom is -0.304 e. The van der Waals surface area contributed by atoms with Crippen LogP contribution in [0.5, 0.6) is 0 Å². The van der Waals surface area contributed by atoms with Crippen molar-refractivity contribution in [3.05, 3.63) is 36.0 Å². The molecule has 86 valence electrons. The lowest BCUT2D eigenvalue weighted by Crippen LogP contribution is -1.85. The van der Waals surface area contributed by atoms with Crippen LogP contribution in [0, 0.1) is 5.82 Å². The molecule has 0 aliphatic carbocycles. The molecule has 2 rings (SSSR count). The Labute approximate surface area is 95.1 Å². The third-order valence-corrected chi connectivity index (χ3v) is 2.75. The fourth-order valence-corrected chi connectivity index (χ4v) is 1.87. The molecular formula is C13H17FN2. The molecule has 0 aliphatic heterocycles. The third-order valence-electron chi connectivity index (χ3n) is 2.75. The van der Waals surface area contributed by atoms with Gasteiger partial charge in [-0.15, -0.1) is 0 Å². The Hall–Kier alpha value is -1.38. The molecule has 0 amide bonds. The molecule has 0 radical (unpaired) electrons. The van der Waals surface area contributed by atoms with Crippen LogP contribution < -0.4 is 0 Å². The molecule has 0 N–H and O–H groups in total. The largest absolute Gasteiger partial charge is 0.304 e. The number of pyridine rings is 1. The molecule has 0 saturated carbocycles. The van der Waals surface area contributed by atoms with Gasteiger partial charge in [0.25, 0.3) is 0 Å². The highest BCUT2D eigenvalue weighted by molar-refractivity contribution is 5.39. The molecule has 0 unspecified atom stereocenters. The number of nitrogens with zero attached hydrogens (tertiary/aromatic N) is 2. The molecule has 2 nitrogen and oxygen atoms in total. The summed E-state index contributed by atoms with van der Waals surface area (Å²) < 4.78 is 14.7. The van der Waals surface area contributed by atoms with Crippen molar-refractivity contribution in [2.45, 2.75) is 39.0 Å². The Morgan fingerprint density at radius 2 is 2.06 bits per heavy atom. The van der Waals surface area contributed by atoms with Crippen molar-refractivity contribution in [2.75, 3.05) is 0 Å². The zero-order valence-electron chi connectivity index (χ0n) is 9.62. The van der Waals surface area contributed by atoms with E-state index in [2.05, 4.69) is 11.9 Å². The van der Waals surface area contributed by atoms with Crippen molar-refractivity contribution in [1.82, 2.24) is 9.38 Å². The lowest BCUT2D eigenvalue weighted by Gasteiger charge is -1.95. The first-order valence-corrected chi connectivity index (χ1v) is 5.92. The first-order chi connectivity index (χ1) is 7.79. The van der Waals surface area contributed by atoms with Gasteiger partial charge in [-0.1, -0.05) is 26.2 Å². The number of hydrogen-bond acceptors (Lipinski definition) is 1. The fraction of sp³-hybridized carbons (Fsp3) is 0.462. The number of hydrogen-bond donors (Lipinski definition) is 0. The van der Waals surface area contributed by atoms with Gasteiger partial charge in [-0.05, 0) is 25.0 Å². The zero-order valence-corrected chi connectivity index (χ0v) is 9.62. The standard InChI is InChI=1S/C13H17FN2/c1-2-3-4-5-6-12-10-16-9-11(14)7-8-13(16)15-12/h7-10H,2-6H2,1H3. The third kappa shape index (κ3) is 2.60. The molecule has 0 bridgehead atoms. The van der Waals surface area contributed by atoms with Gasteiger partial charge >= 0.3 is 0 Å². The van der Waals surface area contributed by atoms with Crippen LogP contribution in [0.15, 0.2) is 24.5 Å². The molecule has 0 saturated heterocycles. The van der Waals surface area contributed by atoms with Gasteiger partial charge in [0, 0.05) is 12.4 Å². The van der Waals surface area contributed by atoms with Crippen LogP contribution >= 0.6 is 0 Å². The number of unbranched alkanes of at least 4 members (excludes halogenated alkanes) is 3. The lowest BCUT2D eigenvalue weighted by atomic mass is 10.1. The first kappa shape index (κ1) is 11.1. The second-order valence-electron chi connectivity index (χ2n) is 4.16. The number of aryl methyl sites for hydroxylation is 1. The van der Waals surface area contributed by atoms with Crippen molar-refractivity contribution in [1.29, 1.82) is 0 Å². The number of halogens is 1. The highest BCUT2D eigenvalue weighted by Crippen LogP contribution is 2.10. The molecule has 0 atom stereocenters. The highest BCUT2D eigenvalue weighted by atomic mass is 19.1. The molecule has 0 aromatic carbocycles. The van der Waals surface area contributed by atoms with Crippen LogP contribution in [-0.2, 0) is 6.42 Å². The van der Waals surface area contributed by atoms with Crippen LogP contribution in [-0.4, -0.2) is 9.38 Å². The van der Waals surface area contributed by atoms with Gasteiger partial charge in [0.2, 0.25) is 0 Å². The van der Waals surface area contributed by atoms with Crippen LogP contribution in [0.2, 0.25) is 0 Å². The number of rotatable bonds is 5. The second kappa shape index (κ2) is 5.10. The van der Waals surface area contributed by atoms with E-state index >= 15 is 0 Å². The SMILES string of the molecule is CCCCCCc1cn2cc(F)ccc2n1. The molecule has 2 heterocycles. The van der Waals surface area contributed by atoms with E-state index < -0.39 is 0 Å². The molecule has 16 heavy (non-hydrogen) atoms. The van der Waals surface area contributed by atoms with Crippen molar-refractivity contribution >= 4 is 5.65 Å². The van der Waals surface area contributed by atoms with Gasteiger partial charge in [-0.2, -0.15) is 0 Å². The predicted molar refractivity (Wildman–Crippen MR) is 63.0 cm³/mol. The monoisotopic (exact) mass is 220 g/mol. The van der Waals surface area contributed by atoms with Crippen LogP contribution in [0.1, 0.15) is 38.3 Å².